The van der Waals surface area contributed by atoms with Crippen LogP contribution in [0.25, 0.3) is 0 Å². The van der Waals surface area contributed by atoms with Gasteiger partial charge >= 0.3 is 0 Å². The first kappa shape index (κ1) is 15.8. The van der Waals surface area contributed by atoms with Gasteiger partial charge < -0.3 is 14.6 Å². The number of anilines is 1. The largest absolute Gasteiger partial charge is 0.464 e. The minimum absolute atomic E-state index is 0.0689. The Morgan fingerprint density at radius 2 is 1.84 bits per heavy atom. The van der Waals surface area contributed by atoms with E-state index in [1.165, 1.54) is 5.56 Å². The van der Waals surface area contributed by atoms with Crippen molar-refractivity contribution >= 4 is 23.0 Å². The maximum absolute atomic E-state index is 5.97. The van der Waals surface area contributed by atoms with E-state index in [1.54, 1.807) is 6.20 Å². The summed E-state index contributed by atoms with van der Waals surface area (Å²) in [6, 6.07) is 18.1. The highest BCUT2D eigenvalue weighted by atomic mass is 32.1. The molecule has 3 aromatic rings. The highest BCUT2D eigenvalue weighted by molar-refractivity contribution is 7.80. The Labute approximate surface area is 152 Å². The van der Waals surface area contributed by atoms with Gasteiger partial charge in [-0.2, -0.15) is 0 Å². The third kappa shape index (κ3) is 2.91. The van der Waals surface area contributed by atoms with Crippen molar-refractivity contribution in [3.63, 3.8) is 0 Å². The van der Waals surface area contributed by atoms with Gasteiger partial charge in [0.05, 0.1) is 11.7 Å². The average Bonchev–Trinajstić information content (AvgIpc) is 3.20. The lowest BCUT2D eigenvalue weighted by Crippen LogP contribution is -2.29. The standard InChI is InChI=1S/C20H19N3OS/c1-13-6-9-15(10-7-13)23-19(17-11-8-14(2)24-17)18(22-20(23)25)16-5-3-4-12-21-16/h3-12,18-19H,1-2H3,(H,22,25)/t18-,19-/m1/s1. The number of nitrogens with zero attached hydrogens (tertiary/aromatic N) is 2. The van der Waals surface area contributed by atoms with E-state index in [0.717, 1.165) is 22.9 Å². The van der Waals surface area contributed by atoms with E-state index < -0.39 is 0 Å². The molecule has 0 radical (unpaired) electrons. The molecule has 25 heavy (non-hydrogen) atoms. The van der Waals surface area contributed by atoms with Crippen LogP contribution in [0, 0.1) is 13.8 Å². The predicted molar refractivity (Wildman–Crippen MR) is 103 cm³/mol. The lowest BCUT2D eigenvalue weighted by atomic mass is 10.0. The molecule has 0 saturated carbocycles. The van der Waals surface area contributed by atoms with Crippen LogP contribution < -0.4 is 10.2 Å². The molecule has 0 spiro atoms. The van der Waals surface area contributed by atoms with Crippen molar-refractivity contribution in [3.8, 4) is 0 Å². The van der Waals surface area contributed by atoms with Crippen molar-refractivity contribution in [2.75, 3.05) is 4.90 Å². The molecule has 4 nitrogen and oxygen atoms in total. The number of furan rings is 1. The fraction of sp³-hybridized carbons (Fsp3) is 0.200. The molecule has 126 valence electrons. The molecule has 4 rings (SSSR count). The Kier molecular flexibility index (Phi) is 4.01. The number of pyridine rings is 1. The second kappa shape index (κ2) is 6.33. The molecule has 2 atom stereocenters. The molecule has 1 aliphatic heterocycles. The van der Waals surface area contributed by atoms with Crippen LogP contribution >= 0.6 is 12.2 Å². The molecule has 0 unspecified atom stereocenters. The van der Waals surface area contributed by atoms with E-state index in [4.69, 9.17) is 16.6 Å². The van der Waals surface area contributed by atoms with Crippen molar-refractivity contribution in [3.05, 3.63) is 83.6 Å². The first-order valence-electron chi connectivity index (χ1n) is 8.27. The molecule has 1 fully saturated rings. The molecule has 1 aliphatic rings. The Hall–Kier alpha value is -2.66. The summed E-state index contributed by atoms with van der Waals surface area (Å²) < 4.78 is 5.97. The topological polar surface area (TPSA) is 41.3 Å². The van der Waals surface area contributed by atoms with Gasteiger partial charge in [0.25, 0.3) is 0 Å². The highest BCUT2D eigenvalue weighted by Gasteiger charge is 2.42. The quantitative estimate of drug-likeness (QED) is 0.707. The van der Waals surface area contributed by atoms with Crippen LogP contribution in [0.5, 0.6) is 0 Å². The Morgan fingerprint density at radius 3 is 2.48 bits per heavy atom. The lowest BCUT2D eigenvalue weighted by Gasteiger charge is -2.26. The summed E-state index contributed by atoms with van der Waals surface area (Å²) in [5.74, 6) is 1.76. The fourth-order valence-corrected chi connectivity index (χ4v) is 3.59. The smallest absolute Gasteiger partial charge is 0.174 e. The molecule has 0 aliphatic carbocycles. The number of thiocarbonyl (C=S) groups is 1. The van der Waals surface area contributed by atoms with E-state index in [-0.39, 0.29) is 12.1 Å². The summed E-state index contributed by atoms with van der Waals surface area (Å²) >= 11 is 5.66. The Morgan fingerprint density at radius 1 is 1.04 bits per heavy atom. The summed E-state index contributed by atoms with van der Waals surface area (Å²) in [5, 5.41) is 4.11. The fourth-order valence-electron chi connectivity index (χ4n) is 3.24. The van der Waals surface area contributed by atoms with Crippen LogP contribution in [0.1, 0.15) is 34.9 Å². The minimum atomic E-state index is -0.0844. The van der Waals surface area contributed by atoms with Gasteiger partial charge in [-0.05, 0) is 62.5 Å². The Balaban J connectivity index is 1.81. The average molecular weight is 349 g/mol. The number of hydrogen-bond acceptors (Lipinski definition) is 3. The number of aromatic nitrogens is 1. The zero-order chi connectivity index (χ0) is 17.4. The van der Waals surface area contributed by atoms with Crippen molar-refractivity contribution in [2.24, 2.45) is 0 Å². The normalized spacial score (nSPS) is 19.9. The van der Waals surface area contributed by atoms with Crippen molar-refractivity contribution in [2.45, 2.75) is 25.9 Å². The molecule has 1 N–H and O–H groups in total. The monoisotopic (exact) mass is 349 g/mol. The van der Waals surface area contributed by atoms with Crippen LogP contribution in [-0.2, 0) is 0 Å². The van der Waals surface area contributed by atoms with E-state index in [2.05, 4.69) is 46.4 Å². The predicted octanol–water partition coefficient (Wildman–Crippen LogP) is 4.47. The third-order valence-electron chi connectivity index (χ3n) is 4.46. The van der Waals surface area contributed by atoms with Gasteiger partial charge in [0.1, 0.15) is 17.6 Å². The molecule has 0 amide bonds. The van der Waals surface area contributed by atoms with Crippen molar-refractivity contribution < 1.29 is 4.42 Å². The lowest BCUT2D eigenvalue weighted by molar-refractivity contribution is 0.418. The van der Waals surface area contributed by atoms with Crippen LogP contribution in [0.15, 0.2) is 65.2 Å². The summed E-state index contributed by atoms with van der Waals surface area (Å²) in [6.45, 7) is 4.03. The number of aryl methyl sites for hydroxylation is 2. The molecule has 1 aromatic carbocycles. The van der Waals surface area contributed by atoms with Gasteiger partial charge in [-0.3, -0.25) is 4.98 Å². The molecule has 3 heterocycles. The first-order valence-corrected chi connectivity index (χ1v) is 8.68. The van der Waals surface area contributed by atoms with Gasteiger partial charge in [-0.1, -0.05) is 23.8 Å². The summed E-state index contributed by atoms with van der Waals surface area (Å²) in [6.07, 6.45) is 1.80. The zero-order valence-corrected chi connectivity index (χ0v) is 15.0. The molecule has 0 bridgehead atoms. The van der Waals surface area contributed by atoms with Gasteiger partial charge in [0.15, 0.2) is 5.11 Å². The minimum Gasteiger partial charge on any atom is -0.464 e. The maximum atomic E-state index is 5.97. The van der Waals surface area contributed by atoms with E-state index >= 15 is 0 Å². The van der Waals surface area contributed by atoms with E-state index in [0.29, 0.717) is 5.11 Å². The number of nitrogens with one attached hydrogen (secondary N) is 1. The number of benzene rings is 1. The second-order valence-electron chi connectivity index (χ2n) is 6.28. The van der Waals surface area contributed by atoms with Crippen LogP contribution in [0.4, 0.5) is 5.69 Å². The third-order valence-corrected chi connectivity index (χ3v) is 4.78. The van der Waals surface area contributed by atoms with Gasteiger partial charge in [-0.25, -0.2) is 0 Å². The van der Waals surface area contributed by atoms with Gasteiger partial charge in [0.2, 0.25) is 0 Å². The molecule has 1 saturated heterocycles. The van der Waals surface area contributed by atoms with Crippen LogP contribution in [-0.4, -0.2) is 10.1 Å². The molecular weight excluding hydrogens is 330 g/mol. The highest BCUT2D eigenvalue weighted by Crippen LogP contribution is 2.41. The van der Waals surface area contributed by atoms with Gasteiger partial charge in [-0.15, -0.1) is 0 Å². The molecule has 5 heteroatoms. The number of rotatable bonds is 3. The SMILES string of the molecule is Cc1ccc(N2C(=S)N[C@H](c3ccccn3)[C@H]2c2ccc(C)o2)cc1. The van der Waals surface area contributed by atoms with Gasteiger partial charge in [0, 0.05) is 11.9 Å². The van der Waals surface area contributed by atoms with Crippen molar-refractivity contribution in [1.82, 2.24) is 10.3 Å². The molecule has 2 aromatic heterocycles. The first-order chi connectivity index (χ1) is 12.1. The summed E-state index contributed by atoms with van der Waals surface area (Å²) in [5.41, 5.74) is 3.20. The Bertz CT molecular complexity index is 889. The maximum Gasteiger partial charge on any atom is 0.174 e. The molecular formula is C20H19N3OS. The van der Waals surface area contributed by atoms with E-state index in [9.17, 15) is 0 Å². The second-order valence-corrected chi connectivity index (χ2v) is 6.67. The van der Waals surface area contributed by atoms with Crippen molar-refractivity contribution in [1.29, 1.82) is 0 Å². The van der Waals surface area contributed by atoms with E-state index in [1.807, 2.05) is 37.3 Å². The zero-order valence-electron chi connectivity index (χ0n) is 14.1. The summed E-state index contributed by atoms with van der Waals surface area (Å²) in [7, 11) is 0. The van der Waals surface area contributed by atoms with Crippen LogP contribution in [0.2, 0.25) is 0 Å². The van der Waals surface area contributed by atoms with Crippen LogP contribution in [0.3, 0.4) is 0 Å². The summed E-state index contributed by atoms with van der Waals surface area (Å²) in [4.78, 5) is 6.65. The number of hydrogen-bond donors (Lipinski definition) is 1.